The van der Waals surface area contributed by atoms with Crippen LogP contribution in [0.4, 0.5) is 0 Å². The number of nitriles is 1. The Balaban J connectivity index is 1.72. The van der Waals surface area contributed by atoms with Crippen LogP contribution >= 0.6 is 0 Å². The van der Waals surface area contributed by atoms with Gasteiger partial charge in [0.25, 0.3) is 0 Å². The highest BCUT2D eigenvalue weighted by atomic mass is 16.5. The summed E-state index contributed by atoms with van der Waals surface area (Å²) in [4.78, 5) is 20.8. The molecule has 0 spiro atoms. The standard InChI is InChI=1S/C23H28N6O2/c1-23(2,3)22(30)31-15-28-11-9-18-20(25-14-26-21(18)28)17-12-27-29(13-17)19(8-10-24)16-6-4-5-7-16/h9,11-14,16,19H,4-8,15H2,1-3H3/t19-/m1/s1/i4D2,5D2,6D2,7D2. The van der Waals surface area contributed by atoms with Crippen molar-refractivity contribution in [2.24, 2.45) is 11.3 Å². The SMILES string of the molecule is [2H]C1([2H])C([C@@H](CC#N)n2cc(-c3ncnc4c3ccn4COC(=O)C(C)(C)C)cn2)C([2H])([2H])C([2H])([2H])C1([2H])[2H]. The lowest BCUT2D eigenvalue weighted by molar-refractivity contribution is -0.156. The van der Waals surface area contributed by atoms with E-state index in [1.165, 1.54) is 23.4 Å². The zero-order chi connectivity index (χ0) is 29.2. The van der Waals surface area contributed by atoms with E-state index in [2.05, 4.69) is 15.1 Å². The quantitative estimate of drug-likeness (QED) is 0.537. The number of hydrogen-bond acceptors (Lipinski definition) is 6. The Morgan fingerprint density at radius 2 is 2.16 bits per heavy atom. The van der Waals surface area contributed by atoms with Crippen LogP contribution in [0.25, 0.3) is 22.3 Å². The van der Waals surface area contributed by atoms with Gasteiger partial charge in [-0.05, 0) is 45.5 Å². The monoisotopic (exact) mass is 428 g/mol. The first-order chi connectivity index (χ1) is 17.9. The molecule has 1 aliphatic carbocycles. The highest BCUT2D eigenvalue weighted by molar-refractivity contribution is 5.90. The average molecular weight is 429 g/mol. The molecule has 0 unspecified atom stereocenters. The Morgan fingerprint density at radius 3 is 2.87 bits per heavy atom. The van der Waals surface area contributed by atoms with E-state index in [4.69, 9.17) is 15.7 Å². The number of hydrogen-bond donors (Lipinski definition) is 0. The lowest BCUT2D eigenvalue weighted by Crippen LogP contribution is -2.23. The van der Waals surface area contributed by atoms with E-state index >= 15 is 0 Å². The summed E-state index contributed by atoms with van der Waals surface area (Å²) < 4.78 is 74.2. The maximum atomic E-state index is 12.2. The van der Waals surface area contributed by atoms with E-state index in [9.17, 15) is 10.1 Å². The molecule has 1 fully saturated rings. The summed E-state index contributed by atoms with van der Waals surface area (Å²) in [5, 5.41) is 14.3. The minimum absolute atomic E-state index is 0.0740. The van der Waals surface area contributed by atoms with Crippen LogP contribution in [-0.2, 0) is 16.3 Å². The van der Waals surface area contributed by atoms with Crippen molar-refractivity contribution in [3.8, 4) is 17.3 Å². The summed E-state index contributed by atoms with van der Waals surface area (Å²) in [6.45, 7) is 5.15. The fraction of sp³-hybridized carbons (Fsp3) is 0.522. The summed E-state index contributed by atoms with van der Waals surface area (Å²) in [6.07, 6.45) is -6.88. The van der Waals surface area contributed by atoms with Crippen LogP contribution in [0.3, 0.4) is 0 Å². The smallest absolute Gasteiger partial charge is 0.312 e. The van der Waals surface area contributed by atoms with Crippen molar-refractivity contribution < 1.29 is 20.5 Å². The molecule has 0 radical (unpaired) electrons. The topological polar surface area (TPSA) is 98.6 Å². The maximum Gasteiger partial charge on any atom is 0.312 e. The third-order valence-electron chi connectivity index (χ3n) is 4.92. The van der Waals surface area contributed by atoms with E-state index < -0.39 is 49.3 Å². The van der Waals surface area contributed by atoms with Crippen molar-refractivity contribution >= 4 is 17.0 Å². The van der Waals surface area contributed by atoms with Gasteiger partial charge in [0.05, 0.1) is 35.8 Å². The predicted molar refractivity (Wildman–Crippen MR) is 116 cm³/mol. The lowest BCUT2D eigenvalue weighted by atomic mass is 9.96. The van der Waals surface area contributed by atoms with Crippen LogP contribution in [0.5, 0.6) is 0 Å². The van der Waals surface area contributed by atoms with Crippen LogP contribution in [0.1, 0.15) is 69.7 Å². The van der Waals surface area contributed by atoms with Crippen molar-refractivity contribution in [3.05, 3.63) is 31.0 Å². The first-order valence-electron chi connectivity index (χ1n) is 13.8. The van der Waals surface area contributed by atoms with Crippen molar-refractivity contribution in [1.29, 1.82) is 5.26 Å². The zero-order valence-corrected chi connectivity index (χ0v) is 17.5. The average Bonchev–Trinajstić information content (AvgIpc) is 3.49. The number of carbonyl (C=O) groups excluding carboxylic acids is 1. The van der Waals surface area contributed by atoms with Crippen LogP contribution in [0.2, 0.25) is 0 Å². The van der Waals surface area contributed by atoms with Gasteiger partial charge in [-0.3, -0.25) is 14.0 Å². The number of ether oxygens (including phenoxy) is 1. The first-order valence-corrected chi connectivity index (χ1v) is 9.78. The van der Waals surface area contributed by atoms with Crippen LogP contribution in [-0.4, -0.2) is 30.3 Å². The molecule has 0 N–H and O–H groups in total. The summed E-state index contributed by atoms with van der Waals surface area (Å²) in [5.74, 6) is -2.25. The molecular formula is C23H28N6O2. The van der Waals surface area contributed by atoms with E-state index in [0.29, 0.717) is 22.3 Å². The highest BCUT2D eigenvalue weighted by Gasteiger charge is 2.27. The summed E-state index contributed by atoms with van der Waals surface area (Å²) >= 11 is 0. The van der Waals surface area contributed by atoms with Gasteiger partial charge in [-0.1, -0.05) is 12.7 Å². The number of rotatable bonds is 6. The molecule has 3 aromatic heterocycles. The van der Waals surface area contributed by atoms with Crippen LogP contribution < -0.4 is 0 Å². The minimum Gasteiger partial charge on any atom is -0.443 e. The van der Waals surface area contributed by atoms with E-state index in [0.717, 1.165) is 0 Å². The van der Waals surface area contributed by atoms with Crippen molar-refractivity contribution in [2.45, 2.75) is 65.5 Å². The second-order valence-electron chi connectivity index (χ2n) is 8.21. The minimum atomic E-state index is -3.17. The molecule has 0 aliphatic heterocycles. The Bertz CT molecular complexity index is 1430. The fourth-order valence-electron chi connectivity index (χ4n) is 3.24. The lowest BCUT2D eigenvalue weighted by Gasteiger charge is -2.21. The number of fused-ring (bicyclic) bond motifs is 1. The predicted octanol–water partition coefficient (Wildman–Crippen LogP) is 4.49. The largest absolute Gasteiger partial charge is 0.443 e. The van der Waals surface area contributed by atoms with Gasteiger partial charge in [0.15, 0.2) is 6.73 Å². The number of nitrogens with zero attached hydrogens (tertiary/aromatic N) is 6. The van der Waals surface area contributed by atoms with Crippen molar-refractivity contribution in [2.75, 3.05) is 0 Å². The molecule has 0 bridgehead atoms. The third kappa shape index (κ3) is 4.31. The summed E-state index contributed by atoms with van der Waals surface area (Å²) in [6, 6.07) is 2.28. The maximum absolute atomic E-state index is 12.2. The Morgan fingerprint density at radius 1 is 1.39 bits per heavy atom. The molecule has 3 heterocycles. The van der Waals surface area contributed by atoms with Crippen molar-refractivity contribution in [3.63, 3.8) is 0 Å². The summed E-state index contributed by atoms with van der Waals surface area (Å²) in [7, 11) is 0. The van der Waals surface area contributed by atoms with Crippen molar-refractivity contribution in [1.82, 2.24) is 24.3 Å². The molecule has 0 saturated heterocycles. The van der Waals surface area contributed by atoms with Gasteiger partial charge in [0, 0.05) is 34.3 Å². The van der Waals surface area contributed by atoms with Crippen LogP contribution in [0.15, 0.2) is 31.0 Å². The molecule has 1 aliphatic rings. The number of esters is 1. The van der Waals surface area contributed by atoms with Crippen LogP contribution in [0, 0.1) is 22.7 Å². The molecule has 3 aromatic rings. The van der Waals surface area contributed by atoms with Gasteiger partial charge >= 0.3 is 5.97 Å². The Hall–Kier alpha value is -3.21. The van der Waals surface area contributed by atoms with E-state index in [1.54, 1.807) is 37.6 Å². The fourth-order valence-corrected chi connectivity index (χ4v) is 3.24. The van der Waals surface area contributed by atoms with E-state index in [1.807, 2.05) is 6.07 Å². The third-order valence-corrected chi connectivity index (χ3v) is 4.92. The molecule has 4 rings (SSSR count). The van der Waals surface area contributed by atoms with Gasteiger partial charge in [0.2, 0.25) is 0 Å². The van der Waals surface area contributed by atoms with Gasteiger partial charge in [-0.2, -0.15) is 10.4 Å². The van der Waals surface area contributed by atoms with Gasteiger partial charge in [-0.15, -0.1) is 0 Å². The molecule has 31 heavy (non-hydrogen) atoms. The van der Waals surface area contributed by atoms with E-state index in [-0.39, 0.29) is 12.7 Å². The molecule has 1 atom stereocenters. The summed E-state index contributed by atoms with van der Waals surface area (Å²) in [5.41, 5.74) is 0.639. The molecule has 8 nitrogen and oxygen atoms in total. The van der Waals surface area contributed by atoms with Gasteiger partial charge < -0.3 is 4.74 Å². The normalized spacial score (nSPS) is 26.1. The second-order valence-corrected chi connectivity index (χ2v) is 8.21. The Labute approximate surface area is 193 Å². The molecule has 8 heteroatoms. The van der Waals surface area contributed by atoms with Gasteiger partial charge in [-0.25, -0.2) is 9.97 Å². The first kappa shape index (κ1) is 13.3. The molecule has 0 aromatic carbocycles. The second kappa shape index (κ2) is 8.50. The number of carbonyl (C=O) groups is 1. The molecule has 0 amide bonds. The molecule has 1 saturated carbocycles. The highest BCUT2D eigenvalue weighted by Crippen LogP contribution is 2.36. The molecule has 162 valence electrons. The van der Waals surface area contributed by atoms with Gasteiger partial charge in [0.1, 0.15) is 12.0 Å². The Kier molecular flexibility index (Phi) is 3.63. The zero-order valence-electron chi connectivity index (χ0n) is 25.5. The number of aromatic nitrogens is 5. The molecular weight excluding hydrogens is 392 g/mol.